The third-order valence-electron chi connectivity index (χ3n) is 3.52. The SMILES string of the molecule is N#CCC[C@H]1C[P@@](=S)(c2ccccc2)CCC1=O. The molecule has 1 heterocycles. The van der Waals surface area contributed by atoms with Gasteiger partial charge in [0.25, 0.3) is 0 Å². The molecule has 18 heavy (non-hydrogen) atoms. The first-order valence-electron chi connectivity index (χ1n) is 6.19. The highest BCUT2D eigenvalue weighted by molar-refractivity contribution is 8.18. The van der Waals surface area contributed by atoms with E-state index in [4.69, 9.17) is 17.1 Å². The van der Waals surface area contributed by atoms with Crippen molar-refractivity contribution >= 4 is 28.9 Å². The highest BCUT2D eigenvalue weighted by Crippen LogP contribution is 2.51. The smallest absolute Gasteiger partial charge is 0.136 e. The maximum absolute atomic E-state index is 11.9. The summed E-state index contributed by atoms with van der Waals surface area (Å²) in [7, 11) is 0. The Hall–Kier alpha value is -0.970. The number of rotatable bonds is 3. The van der Waals surface area contributed by atoms with Crippen LogP contribution in [0.2, 0.25) is 0 Å². The Balaban J connectivity index is 2.18. The number of hydrogen-bond acceptors (Lipinski definition) is 3. The summed E-state index contributed by atoms with van der Waals surface area (Å²) in [5, 5.41) is 9.90. The van der Waals surface area contributed by atoms with Gasteiger partial charge in [-0.05, 0) is 30.1 Å². The maximum atomic E-state index is 11.9. The first-order valence-corrected chi connectivity index (χ1v) is 9.36. The molecule has 4 heteroatoms. The molecule has 1 aromatic carbocycles. The number of benzene rings is 1. The lowest BCUT2D eigenvalue weighted by Crippen LogP contribution is -2.29. The van der Waals surface area contributed by atoms with E-state index in [-0.39, 0.29) is 5.92 Å². The van der Waals surface area contributed by atoms with Gasteiger partial charge < -0.3 is 0 Å². The predicted molar refractivity (Wildman–Crippen MR) is 78.1 cm³/mol. The Morgan fingerprint density at radius 2 is 2.11 bits per heavy atom. The van der Waals surface area contributed by atoms with Crippen LogP contribution in [0.4, 0.5) is 0 Å². The second-order valence-electron chi connectivity index (χ2n) is 4.74. The average Bonchev–Trinajstić information content (AvgIpc) is 2.41. The van der Waals surface area contributed by atoms with Crippen molar-refractivity contribution in [3.8, 4) is 6.07 Å². The topological polar surface area (TPSA) is 40.9 Å². The number of Topliss-reactive ketones (excluding diaryl/α,β-unsaturated/α-hetero) is 1. The van der Waals surface area contributed by atoms with Crippen molar-refractivity contribution in [1.82, 2.24) is 0 Å². The van der Waals surface area contributed by atoms with Gasteiger partial charge in [0, 0.05) is 18.8 Å². The van der Waals surface area contributed by atoms with E-state index in [9.17, 15) is 4.79 Å². The third kappa shape index (κ3) is 2.88. The molecule has 0 unspecified atom stereocenters. The number of carbonyl (C=O) groups is 1. The van der Waals surface area contributed by atoms with Crippen molar-refractivity contribution < 1.29 is 4.79 Å². The van der Waals surface area contributed by atoms with E-state index in [2.05, 4.69) is 18.2 Å². The van der Waals surface area contributed by atoms with E-state index in [1.807, 2.05) is 18.2 Å². The minimum absolute atomic E-state index is 0.0180. The number of ketones is 1. The van der Waals surface area contributed by atoms with Crippen molar-refractivity contribution in [2.24, 2.45) is 5.92 Å². The van der Waals surface area contributed by atoms with E-state index >= 15 is 0 Å². The molecule has 1 saturated heterocycles. The van der Waals surface area contributed by atoms with Crippen molar-refractivity contribution in [3.05, 3.63) is 30.3 Å². The van der Waals surface area contributed by atoms with Crippen molar-refractivity contribution in [2.75, 3.05) is 12.3 Å². The van der Waals surface area contributed by atoms with Gasteiger partial charge in [-0.15, -0.1) is 0 Å². The van der Waals surface area contributed by atoms with Crippen LogP contribution < -0.4 is 5.30 Å². The Morgan fingerprint density at radius 3 is 2.78 bits per heavy atom. The molecule has 0 N–H and O–H groups in total. The summed E-state index contributed by atoms with van der Waals surface area (Å²) < 4.78 is 0. The average molecular weight is 277 g/mol. The lowest BCUT2D eigenvalue weighted by Gasteiger charge is -2.31. The van der Waals surface area contributed by atoms with Crippen LogP contribution in [0.25, 0.3) is 0 Å². The number of nitrogens with zero attached hydrogens (tertiary/aromatic N) is 1. The Labute approximate surface area is 113 Å². The van der Waals surface area contributed by atoms with Gasteiger partial charge in [0.1, 0.15) is 5.78 Å². The van der Waals surface area contributed by atoms with E-state index in [1.165, 1.54) is 5.30 Å². The molecule has 94 valence electrons. The third-order valence-corrected chi connectivity index (χ3v) is 8.36. The zero-order valence-corrected chi connectivity index (χ0v) is 11.9. The quantitative estimate of drug-likeness (QED) is 0.798. The Morgan fingerprint density at radius 1 is 1.39 bits per heavy atom. The summed E-state index contributed by atoms with van der Waals surface area (Å²) in [6.45, 7) is 0. The normalized spacial score (nSPS) is 27.7. The maximum Gasteiger partial charge on any atom is 0.136 e. The molecule has 2 atom stereocenters. The molecule has 1 aliphatic heterocycles. The largest absolute Gasteiger partial charge is 0.299 e. The Kier molecular flexibility index (Phi) is 4.32. The van der Waals surface area contributed by atoms with Crippen LogP contribution in [-0.2, 0) is 16.6 Å². The second kappa shape index (κ2) is 5.78. The Bertz CT molecular complexity index is 520. The van der Waals surface area contributed by atoms with Crippen LogP contribution in [0.1, 0.15) is 19.3 Å². The lowest BCUT2D eigenvalue weighted by atomic mass is 9.98. The molecule has 1 aliphatic rings. The molecule has 2 rings (SSSR count). The molecule has 0 aliphatic carbocycles. The molecule has 2 nitrogen and oxygen atoms in total. The van der Waals surface area contributed by atoms with Gasteiger partial charge in [-0.3, -0.25) is 4.79 Å². The van der Waals surface area contributed by atoms with Crippen LogP contribution in [0.3, 0.4) is 0 Å². The van der Waals surface area contributed by atoms with Crippen molar-refractivity contribution in [1.29, 1.82) is 5.26 Å². The van der Waals surface area contributed by atoms with E-state index in [0.717, 1.165) is 12.3 Å². The van der Waals surface area contributed by atoms with Crippen LogP contribution in [0, 0.1) is 17.2 Å². The summed E-state index contributed by atoms with van der Waals surface area (Å²) in [4.78, 5) is 11.9. The lowest BCUT2D eigenvalue weighted by molar-refractivity contribution is -0.122. The van der Waals surface area contributed by atoms with Gasteiger partial charge in [-0.1, -0.05) is 42.1 Å². The van der Waals surface area contributed by atoms with Crippen molar-refractivity contribution in [3.63, 3.8) is 0 Å². The molecular weight excluding hydrogens is 261 g/mol. The van der Waals surface area contributed by atoms with Crippen LogP contribution in [-0.4, -0.2) is 18.1 Å². The first kappa shape index (κ1) is 13.5. The van der Waals surface area contributed by atoms with Crippen LogP contribution in [0.5, 0.6) is 0 Å². The monoisotopic (exact) mass is 277 g/mol. The molecular formula is C14H16NOPS. The highest BCUT2D eigenvalue weighted by Gasteiger charge is 2.33. The summed E-state index contributed by atoms with van der Waals surface area (Å²) in [6, 6.07) is 10.8. The van der Waals surface area contributed by atoms with Gasteiger partial charge in [-0.2, -0.15) is 5.26 Å². The molecule has 0 amide bonds. The molecule has 1 aromatic rings. The van der Waals surface area contributed by atoms with E-state index in [0.29, 0.717) is 25.0 Å². The molecule has 0 bridgehead atoms. The van der Waals surface area contributed by atoms with Crippen LogP contribution >= 0.6 is 6.04 Å². The van der Waals surface area contributed by atoms with Gasteiger partial charge >= 0.3 is 0 Å². The number of nitriles is 1. The summed E-state index contributed by atoms with van der Waals surface area (Å²) in [6.07, 6.45) is 3.41. The minimum atomic E-state index is -1.60. The summed E-state index contributed by atoms with van der Waals surface area (Å²) in [5.41, 5.74) is 0. The fourth-order valence-corrected chi connectivity index (χ4v) is 6.69. The zero-order chi connectivity index (χ0) is 13.0. The molecule has 0 aromatic heterocycles. The molecule has 0 radical (unpaired) electrons. The highest BCUT2D eigenvalue weighted by atomic mass is 32.4. The fourth-order valence-electron chi connectivity index (χ4n) is 2.47. The standard InChI is InChI=1S/C14H16NOPS/c15-9-4-5-12-11-17(18,10-8-14(12)16)13-6-2-1-3-7-13/h1-3,6-7,12H,4-5,8,10-11H2/t12-,17+/m0/s1. The molecule has 0 spiro atoms. The summed E-state index contributed by atoms with van der Waals surface area (Å²) in [5.74, 6) is 0.325. The second-order valence-corrected chi connectivity index (χ2v) is 9.95. The van der Waals surface area contributed by atoms with E-state index < -0.39 is 6.04 Å². The fraction of sp³-hybridized carbons (Fsp3) is 0.429. The van der Waals surface area contributed by atoms with Crippen LogP contribution in [0.15, 0.2) is 30.3 Å². The van der Waals surface area contributed by atoms with Gasteiger partial charge in [0.05, 0.1) is 6.07 Å². The van der Waals surface area contributed by atoms with Gasteiger partial charge in [0.2, 0.25) is 0 Å². The van der Waals surface area contributed by atoms with Gasteiger partial charge in [0.15, 0.2) is 0 Å². The van der Waals surface area contributed by atoms with E-state index in [1.54, 1.807) is 0 Å². The number of carbonyl (C=O) groups excluding carboxylic acids is 1. The minimum Gasteiger partial charge on any atom is -0.299 e. The first-order chi connectivity index (χ1) is 8.65. The van der Waals surface area contributed by atoms with Crippen molar-refractivity contribution in [2.45, 2.75) is 19.3 Å². The zero-order valence-electron chi connectivity index (χ0n) is 10.2. The van der Waals surface area contributed by atoms with Gasteiger partial charge in [-0.25, -0.2) is 0 Å². The predicted octanol–water partition coefficient (Wildman–Crippen LogP) is 2.68. The number of hydrogen-bond donors (Lipinski definition) is 0. The molecule has 1 fully saturated rings. The summed E-state index contributed by atoms with van der Waals surface area (Å²) >= 11 is 5.88. The molecule has 0 saturated carbocycles.